The summed E-state index contributed by atoms with van der Waals surface area (Å²) in [5, 5.41) is 9.97. The number of hydrogen-bond donors (Lipinski definition) is 2. The first-order chi connectivity index (χ1) is 9.06. The first kappa shape index (κ1) is 14.0. The summed E-state index contributed by atoms with van der Waals surface area (Å²) in [5.74, 6) is 0.666. The second kappa shape index (κ2) is 6.16. The zero-order valence-corrected chi connectivity index (χ0v) is 11.8. The molecule has 1 aromatic rings. The largest absolute Gasteiger partial charge is 0.338 e. The van der Waals surface area contributed by atoms with Crippen molar-refractivity contribution < 1.29 is 9.32 Å². The Balaban J connectivity index is 1.86. The number of rotatable bonds is 4. The third-order valence-corrected chi connectivity index (χ3v) is 3.37. The predicted octanol–water partition coefficient (Wildman–Crippen LogP) is 1.03. The van der Waals surface area contributed by atoms with Gasteiger partial charge in [0.2, 0.25) is 11.8 Å². The second-order valence-corrected chi connectivity index (χ2v) is 5.34. The smallest absolute Gasteiger partial charge is 0.240 e. The number of hydrogen-bond acceptors (Lipinski definition) is 5. The van der Waals surface area contributed by atoms with Gasteiger partial charge in [0.15, 0.2) is 0 Å². The van der Waals surface area contributed by atoms with E-state index in [1.54, 1.807) is 6.07 Å². The van der Waals surface area contributed by atoms with E-state index >= 15 is 0 Å². The lowest BCUT2D eigenvalue weighted by atomic mass is 10.1. The maximum atomic E-state index is 11.9. The molecule has 0 spiro atoms. The van der Waals surface area contributed by atoms with Crippen LogP contribution in [0.2, 0.25) is 0 Å². The van der Waals surface area contributed by atoms with Crippen LogP contribution in [0, 0.1) is 0 Å². The number of nitrogens with one attached hydrogen (secondary N) is 2. The van der Waals surface area contributed by atoms with Crippen molar-refractivity contribution in [2.75, 3.05) is 31.5 Å². The number of amides is 1. The van der Waals surface area contributed by atoms with E-state index in [0.29, 0.717) is 24.4 Å². The zero-order valence-electron chi connectivity index (χ0n) is 11.8. The number of piperazine rings is 1. The van der Waals surface area contributed by atoms with Crippen LogP contribution in [0.25, 0.3) is 0 Å². The molecule has 0 bridgehead atoms. The minimum absolute atomic E-state index is 0.0554. The molecule has 0 radical (unpaired) electrons. The molecule has 0 aliphatic carbocycles. The molecule has 0 saturated carbocycles. The van der Waals surface area contributed by atoms with Crippen molar-refractivity contribution in [3.05, 3.63) is 11.8 Å². The summed E-state index contributed by atoms with van der Waals surface area (Å²) >= 11 is 0. The minimum Gasteiger partial charge on any atom is -0.338 e. The normalized spacial score (nSPS) is 20.7. The SMILES string of the molecule is CC(C)c1cc(NC(=O)CN2CCNCC2C)on1. The van der Waals surface area contributed by atoms with Crippen molar-refractivity contribution in [2.24, 2.45) is 0 Å². The van der Waals surface area contributed by atoms with E-state index in [4.69, 9.17) is 4.52 Å². The molecule has 1 saturated heterocycles. The average molecular weight is 266 g/mol. The van der Waals surface area contributed by atoms with Crippen molar-refractivity contribution in [3.63, 3.8) is 0 Å². The Hall–Kier alpha value is -1.40. The summed E-state index contributed by atoms with van der Waals surface area (Å²) < 4.78 is 5.10. The quantitative estimate of drug-likeness (QED) is 0.852. The predicted molar refractivity (Wildman–Crippen MR) is 73.1 cm³/mol. The molecule has 0 aromatic carbocycles. The van der Waals surface area contributed by atoms with E-state index in [0.717, 1.165) is 25.3 Å². The average Bonchev–Trinajstić information content (AvgIpc) is 2.80. The van der Waals surface area contributed by atoms with Crippen molar-refractivity contribution in [2.45, 2.75) is 32.7 Å². The highest BCUT2D eigenvalue weighted by Gasteiger charge is 2.20. The molecule has 1 amide bonds. The van der Waals surface area contributed by atoms with Gasteiger partial charge >= 0.3 is 0 Å². The van der Waals surface area contributed by atoms with E-state index in [1.807, 2.05) is 13.8 Å². The number of anilines is 1. The fourth-order valence-electron chi connectivity index (χ4n) is 2.10. The first-order valence-electron chi connectivity index (χ1n) is 6.77. The third-order valence-electron chi connectivity index (χ3n) is 3.37. The van der Waals surface area contributed by atoms with Crippen LogP contribution in [0.3, 0.4) is 0 Å². The molecule has 1 aliphatic rings. The molecule has 1 unspecified atom stereocenters. The van der Waals surface area contributed by atoms with Gasteiger partial charge in [-0.2, -0.15) is 0 Å². The number of aromatic nitrogens is 1. The van der Waals surface area contributed by atoms with Gasteiger partial charge in [-0.05, 0) is 12.8 Å². The highest BCUT2D eigenvalue weighted by atomic mass is 16.5. The molecule has 2 N–H and O–H groups in total. The van der Waals surface area contributed by atoms with Gasteiger partial charge in [-0.25, -0.2) is 0 Å². The number of carbonyl (C=O) groups is 1. The molecule has 19 heavy (non-hydrogen) atoms. The van der Waals surface area contributed by atoms with E-state index in [1.165, 1.54) is 0 Å². The van der Waals surface area contributed by atoms with Crippen LogP contribution >= 0.6 is 0 Å². The van der Waals surface area contributed by atoms with Crippen molar-refractivity contribution in [1.82, 2.24) is 15.4 Å². The van der Waals surface area contributed by atoms with Crippen LogP contribution < -0.4 is 10.6 Å². The first-order valence-corrected chi connectivity index (χ1v) is 6.77. The molecular weight excluding hydrogens is 244 g/mol. The summed E-state index contributed by atoms with van der Waals surface area (Å²) in [6, 6.07) is 2.16. The Kier molecular flexibility index (Phi) is 4.55. The topological polar surface area (TPSA) is 70.4 Å². The van der Waals surface area contributed by atoms with Crippen molar-refractivity contribution >= 4 is 11.8 Å². The fraction of sp³-hybridized carbons (Fsp3) is 0.692. The molecular formula is C13H22N4O2. The number of nitrogens with zero attached hydrogens (tertiary/aromatic N) is 2. The Morgan fingerprint density at radius 2 is 2.47 bits per heavy atom. The lowest BCUT2D eigenvalue weighted by Gasteiger charge is -2.33. The van der Waals surface area contributed by atoms with E-state index in [9.17, 15) is 4.79 Å². The standard InChI is InChI=1S/C13H22N4O2/c1-9(2)11-6-13(19-16-11)15-12(18)8-17-5-4-14-7-10(17)3/h6,9-10,14H,4-5,7-8H2,1-3H3,(H,15,18). The van der Waals surface area contributed by atoms with Gasteiger partial charge in [-0.1, -0.05) is 19.0 Å². The van der Waals surface area contributed by atoms with Crippen LogP contribution in [0.4, 0.5) is 5.88 Å². The molecule has 6 nitrogen and oxygen atoms in total. The lowest BCUT2D eigenvalue weighted by molar-refractivity contribution is -0.118. The molecule has 1 fully saturated rings. The van der Waals surface area contributed by atoms with Crippen LogP contribution in [0.5, 0.6) is 0 Å². The molecule has 1 aliphatic heterocycles. The molecule has 2 heterocycles. The summed E-state index contributed by atoms with van der Waals surface area (Å²) in [5.41, 5.74) is 0.853. The van der Waals surface area contributed by atoms with Gasteiger partial charge in [0.25, 0.3) is 0 Å². The Morgan fingerprint density at radius 1 is 1.68 bits per heavy atom. The second-order valence-electron chi connectivity index (χ2n) is 5.34. The van der Waals surface area contributed by atoms with E-state index in [-0.39, 0.29) is 5.91 Å². The summed E-state index contributed by atoms with van der Waals surface area (Å²) in [7, 11) is 0. The summed E-state index contributed by atoms with van der Waals surface area (Å²) in [6.45, 7) is 9.32. The van der Waals surface area contributed by atoms with E-state index in [2.05, 4.69) is 27.6 Å². The fourth-order valence-corrected chi connectivity index (χ4v) is 2.10. The van der Waals surface area contributed by atoms with Crippen LogP contribution in [0.15, 0.2) is 10.6 Å². The zero-order chi connectivity index (χ0) is 13.8. The molecule has 6 heteroatoms. The molecule has 1 atom stereocenters. The van der Waals surface area contributed by atoms with Crippen molar-refractivity contribution in [3.8, 4) is 0 Å². The minimum atomic E-state index is -0.0554. The Morgan fingerprint density at radius 3 is 3.11 bits per heavy atom. The molecule has 1 aromatic heterocycles. The number of carbonyl (C=O) groups excluding carboxylic acids is 1. The summed E-state index contributed by atoms with van der Waals surface area (Å²) in [4.78, 5) is 14.1. The van der Waals surface area contributed by atoms with Gasteiger partial charge in [-0.15, -0.1) is 0 Å². The Labute approximate surface area is 113 Å². The molecule has 106 valence electrons. The Bertz CT molecular complexity index is 430. The maximum absolute atomic E-state index is 11.9. The van der Waals surface area contributed by atoms with Gasteiger partial charge in [0.05, 0.1) is 12.2 Å². The monoisotopic (exact) mass is 266 g/mol. The van der Waals surface area contributed by atoms with Gasteiger partial charge in [0, 0.05) is 31.7 Å². The maximum Gasteiger partial charge on any atom is 0.240 e. The molecule has 2 rings (SSSR count). The van der Waals surface area contributed by atoms with Gasteiger partial charge < -0.3 is 9.84 Å². The highest BCUT2D eigenvalue weighted by molar-refractivity contribution is 5.91. The van der Waals surface area contributed by atoms with Gasteiger partial charge in [-0.3, -0.25) is 15.0 Å². The highest BCUT2D eigenvalue weighted by Crippen LogP contribution is 2.17. The lowest BCUT2D eigenvalue weighted by Crippen LogP contribution is -2.51. The summed E-state index contributed by atoms with van der Waals surface area (Å²) in [6.07, 6.45) is 0. The third kappa shape index (κ3) is 3.78. The van der Waals surface area contributed by atoms with Crippen LogP contribution in [-0.4, -0.2) is 48.2 Å². The van der Waals surface area contributed by atoms with Crippen molar-refractivity contribution in [1.29, 1.82) is 0 Å². The van der Waals surface area contributed by atoms with Crippen LogP contribution in [-0.2, 0) is 4.79 Å². The van der Waals surface area contributed by atoms with Crippen LogP contribution in [0.1, 0.15) is 32.4 Å². The van der Waals surface area contributed by atoms with Gasteiger partial charge in [0.1, 0.15) is 0 Å². The van der Waals surface area contributed by atoms with E-state index < -0.39 is 0 Å².